The van der Waals surface area contributed by atoms with Gasteiger partial charge in [0.05, 0.1) is 12.2 Å². The molecule has 0 saturated heterocycles. The summed E-state index contributed by atoms with van der Waals surface area (Å²) >= 11 is 0. The SMILES string of the molecule is C=CC(=O)N(CCn1cccn1)Cc1ccc(C)cc1-c1ccnn1C. The maximum absolute atomic E-state index is 12.4. The second-order valence-corrected chi connectivity index (χ2v) is 6.23. The van der Waals surface area contributed by atoms with Crippen LogP contribution in [0.25, 0.3) is 11.3 Å². The minimum Gasteiger partial charge on any atom is -0.333 e. The summed E-state index contributed by atoms with van der Waals surface area (Å²) < 4.78 is 3.67. The lowest BCUT2D eigenvalue weighted by Crippen LogP contribution is -2.32. The van der Waals surface area contributed by atoms with Crippen LogP contribution in [0.3, 0.4) is 0 Å². The first-order valence-corrected chi connectivity index (χ1v) is 8.55. The van der Waals surface area contributed by atoms with E-state index >= 15 is 0 Å². The molecule has 0 atom stereocenters. The molecule has 2 heterocycles. The molecule has 6 nitrogen and oxygen atoms in total. The fraction of sp³-hybridized carbons (Fsp3) is 0.250. The first kappa shape index (κ1) is 17.7. The van der Waals surface area contributed by atoms with Crippen molar-refractivity contribution in [3.63, 3.8) is 0 Å². The Morgan fingerprint density at radius 3 is 2.77 bits per heavy atom. The third kappa shape index (κ3) is 3.91. The molecule has 134 valence electrons. The minimum absolute atomic E-state index is 0.0892. The van der Waals surface area contributed by atoms with Crippen LogP contribution >= 0.6 is 0 Å². The Bertz CT molecular complexity index is 895. The lowest BCUT2D eigenvalue weighted by atomic mass is 10.0. The Morgan fingerprint density at radius 1 is 1.27 bits per heavy atom. The monoisotopic (exact) mass is 349 g/mol. The number of amides is 1. The van der Waals surface area contributed by atoms with Crippen molar-refractivity contribution in [1.82, 2.24) is 24.5 Å². The summed E-state index contributed by atoms with van der Waals surface area (Å²) in [5.74, 6) is -0.0892. The summed E-state index contributed by atoms with van der Waals surface area (Å²) in [6.45, 7) is 7.41. The zero-order chi connectivity index (χ0) is 18.5. The van der Waals surface area contributed by atoms with Gasteiger partial charge in [0.25, 0.3) is 0 Å². The lowest BCUT2D eigenvalue weighted by molar-refractivity contribution is -0.126. The van der Waals surface area contributed by atoms with E-state index in [0.717, 1.165) is 16.8 Å². The fourth-order valence-electron chi connectivity index (χ4n) is 2.96. The molecule has 3 rings (SSSR count). The molecule has 3 aromatic rings. The van der Waals surface area contributed by atoms with Gasteiger partial charge in [-0.1, -0.05) is 24.3 Å². The van der Waals surface area contributed by atoms with Crippen LogP contribution in [-0.2, 0) is 24.9 Å². The van der Waals surface area contributed by atoms with Crippen LogP contribution in [0.15, 0.2) is 61.6 Å². The predicted molar refractivity (Wildman–Crippen MR) is 101 cm³/mol. The third-order valence-electron chi connectivity index (χ3n) is 4.37. The summed E-state index contributed by atoms with van der Waals surface area (Å²) in [5.41, 5.74) is 4.37. The summed E-state index contributed by atoms with van der Waals surface area (Å²) in [4.78, 5) is 14.2. The van der Waals surface area contributed by atoms with Crippen LogP contribution in [0.2, 0.25) is 0 Å². The van der Waals surface area contributed by atoms with Gasteiger partial charge in [-0.15, -0.1) is 0 Å². The Labute approximate surface area is 153 Å². The Kier molecular flexibility index (Phi) is 5.31. The molecule has 2 aromatic heterocycles. The summed E-state index contributed by atoms with van der Waals surface area (Å²) in [6.07, 6.45) is 6.77. The molecule has 0 unspecified atom stereocenters. The average molecular weight is 349 g/mol. The van der Waals surface area contributed by atoms with Gasteiger partial charge in [0.2, 0.25) is 5.91 Å². The molecule has 26 heavy (non-hydrogen) atoms. The largest absolute Gasteiger partial charge is 0.333 e. The number of aryl methyl sites for hydroxylation is 2. The summed E-state index contributed by atoms with van der Waals surface area (Å²) in [6, 6.07) is 10.1. The van der Waals surface area contributed by atoms with Crippen molar-refractivity contribution in [2.24, 2.45) is 7.05 Å². The number of aromatic nitrogens is 4. The molecule has 1 amide bonds. The quantitative estimate of drug-likeness (QED) is 0.616. The van der Waals surface area contributed by atoms with Gasteiger partial charge in [0, 0.05) is 44.3 Å². The second-order valence-electron chi connectivity index (χ2n) is 6.23. The highest BCUT2D eigenvalue weighted by molar-refractivity contribution is 5.87. The van der Waals surface area contributed by atoms with Crippen LogP contribution in [0, 0.1) is 6.92 Å². The first-order valence-electron chi connectivity index (χ1n) is 8.55. The van der Waals surface area contributed by atoms with E-state index < -0.39 is 0 Å². The number of carbonyl (C=O) groups excluding carboxylic acids is 1. The highest BCUT2D eigenvalue weighted by atomic mass is 16.2. The van der Waals surface area contributed by atoms with Crippen LogP contribution in [0.1, 0.15) is 11.1 Å². The van der Waals surface area contributed by atoms with E-state index in [4.69, 9.17) is 0 Å². The standard InChI is InChI=1S/C20H23N5O/c1-4-20(26)24(12-13-25-11-5-9-22-25)15-17-7-6-16(2)14-18(17)19-8-10-21-23(19)3/h4-11,14H,1,12-13,15H2,2-3H3. The number of carbonyl (C=O) groups is 1. The van der Waals surface area contributed by atoms with Gasteiger partial charge in [-0.3, -0.25) is 14.2 Å². The summed E-state index contributed by atoms with van der Waals surface area (Å²) in [7, 11) is 1.92. The van der Waals surface area contributed by atoms with Gasteiger partial charge in [0.15, 0.2) is 0 Å². The number of rotatable bonds is 7. The van der Waals surface area contributed by atoms with E-state index in [1.165, 1.54) is 11.6 Å². The normalized spacial score (nSPS) is 10.7. The summed E-state index contributed by atoms with van der Waals surface area (Å²) in [5, 5.41) is 8.48. The van der Waals surface area contributed by atoms with Crippen molar-refractivity contribution in [1.29, 1.82) is 0 Å². The highest BCUT2D eigenvalue weighted by Gasteiger charge is 2.16. The second kappa shape index (κ2) is 7.82. The molecule has 0 fully saturated rings. The Balaban J connectivity index is 1.87. The number of hydrogen-bond donors (Lipinski definition) is 0. The molecular weight excluding hydrogens is 326 g/mol. The predicted octanol–water partition coefficient (Wildman–Crippen LogP) is 2.81. The maximum Gasteiger partial charge on any atom is 0.246 e. The van der Waals surface area contributed by atoms with Gasteiger partial charge < -0.3 is 4.90 Å². The van der Waals surface area contributed by atoms with E-state index in [9.17, 15) is 4.79 Å². The van der Waals surface area contributed by atoms with E-state index in [-0.39, 0.29) is 5.91 Å². The van der Waals surface area contributed by atoms with Gasteiger partial charge in [0.1, 0.15) is 0 Å². The number of hydrogen-bond acceptors (Lipinski definition) is 3. The van der Waals surface area contributed by atoms with Crippen molar-refractivity contribution >= 4 is 5.91 Å². The number of benzene rings is 1. The van der Waals surface area contributed by atoms with Crippen molar-refractivity contribution in [2.75, 3.05) is 6.54 Å². The maximum atomic E-state index is 12.4. The van der Waals surface area contributed by atoms with Gasteiger partial charge in [-0.25, -0.2) is 0 Å². The first-order chi connectivity index (χ1) is 12.6. The molecule has 0 aliphatic carbocycles. The lowest BCUT2D eigenvalue weighted by Gasteiger charge is -2.23. The minimum atomic E-state index is -0.0892. The molecule has 6 heteroatoms. The van der Waals surface area contributed by atoms with Crippen molar-refractivity contribution < 1.29 is 4.79 Å². The van der Waals surface area contributed by atoms with Crippen molar-refractivity contribution in [3.05, 3.63) is 72.7 Å². The van der Waals surface area contributed by atoms with Gasteiger partial charge in [-0.05, 0) is 36.8 Å². The fourth-order valence-corrected chi connectivity index (χ4v) is 2.96. The third-order valence-corrected chi connectivity index (χ3v) is 4.37. The van der Waals surface area contributed by atoms with E-state index in [1.807, 2.05) is 34.7 Å². The topological polar surface area (TPSA) is 56.0 Å². The molecular formula is C20H23N5O. The van der Waals surface area contributed by atoms with Crippen molar-refractivity contribution in [2.45, 2.75) is 20.0 Å². The van der Waals surface area contributed by atoms with Gasteiger partial charge >= 0.3 is 0 Å². The molecule has 0 spiro atoms. The molecule has 0 N–H and O–H groups in total. The highest BCUT2D eigenvalue weighted by Crippen LogP contribution is 2.25. The molecule has 0 aliphatic rings. The van der Waals surface area contributed by atoms with Gasteiger partial charge in [-0.2, -0.15) is 10.2 Å². The zero-order valence-corrected chi connectivity index (χ0v) is 15.2. The van der Waals surface area contributed by atoms with Crippen LogP contribution < -0.4 is 0 Å². The Hall–Kier alpha value is -3.15. The molecule has 1 aromatic carbocycles. The molecule has 0 aliphatic heterocycles. The van der Waals surface area contributed by atoms with Crippen LogP contribution in [0.4, 0.5) is 0 Å². The molecule has 0 saturated carbocycles. The molecule has 0 bridgehead atoms. The van der Waals surface area contributed by atoms with Crippen LogP contribution in [-0.4, -0.2) is 36.9 Å². The van der Waals surface area contributed by atoms with E-state index in [0.29, 0.717) is 19.6 Å². The smallest absolute Gasteiger partial charge is 0.246 e. The molecule has 0 radical (unpaired) electrons. The average Bonchev–Trinajstić information content (AvgIpc) is 3.30. The van der Waals surface area contributed by atoms with Crippen molar-refractivity contribution in [3.8, 4) is 11.3 Å². The van der Waals surface area contributed by atoms with E-state index in [1.54, 1.807) is 17.3 Å². The van der Waals surface area contributed by atoms with E-state index in [2.05, 4.69) is 41.9 Å². The zero-order valence-electron chi connectivity index (χ0n) is 15.2. The number of nitrogens with zero attached hydrogens (tertiary/aromatic N) is 5. The van der Waals surface area contributed by atoms with Crippen LogP contribution in [0.5, 0.6) is 0 Å². The Morgan fingerprint density at radius 2 is 2.12 bits per heavy atom.